The highest BCUT2D eigenvalue weighted by Gasteiger charge is 2.20. The van der Waals surface area contributed by atoms with E-state index in [9.17, 15) is 8.78 Å². The van der Waals surface area contributed by atoms with Gasteiger partial charge >= 0.3 is 0 Å². The molecule has 0 aliphatic carbocycles. The molecule has 5 heteroatoms. The maximum Gasteiger partial charge on any atom is 0.128 e. The van der Waals surface area contributed by atoms with E-state index in [4.69, 9.17) is 5.84 Å². The third-order valence-corrected chi connectivity index (χ3v) is 3.40. The Bertz CT molecular complexity index is 602. The van der Waals surface area contributed by atoms with Crippen molar-refractivity contribution in [1.29, 1.82) is 0 Å². The minimum atomic E-state index is -0.738. The van der Waals surface area contributed by atoms with Gasteiger partial charge in [-0.1, -0.05) is 28.1 Å². The Kier molecular flexibility index (Phi) is 4.29. The molecule has 0 fully saturated rings. The smallest absolute Gasteiger partial charge is 0.128 e. The van der Waals surface area contributed by atoms with Crippen molar-refractivity contribution >= 4 is 15.9 Å². The lowest BCUT2D eigenvalue weighted by atomic mass is 9.97. The lowest BCUT2D eigenvalue weighted by Gasteiger charge is -2.19. The van der Waals surface area contributed by atoms with Gasteiger partial charge in [-0.15, -0.1) is 0 Å². The normalized spacial score (nSPS) is 12.5. The molecule has 2 aromatic carbocycles. The van der Waals surface area contributed by atoms with Crippen molar-refractivity contribution in [1.82, 2.24) is 5.43 Å². The number of hydrogen-bond acceptors (Lipinski definition) is 2. The van der Waals surface area contributed by atoms with Gasteiger partial charge in [-0.2, -0.15) is 0 Å². The van der Waals surface area contributed by atoms with Crippen LogP contribution in [0.4, 0.5) is 8.78 Å². The number of aryl methyl sites for hydroxylation is 1. The van der Waals surface area contributed by atoms with Crippen LogP contribution in [0.1, 0.15) is 22.7 Å². The summed E-state index contributed by atoms with van der Waals surface area (Å²) in [7, 11) is 0. The van der Waals surface area contributed by atoms with E-state index < -0.39 is 17.7 Å². The number of nitrogens with two attached hydrogens (primary N) is 1. The summed E-state index contributed by atoms with van der Waals surface area (Å²) in [6.45, 7) is 1.79. The fourth-order valence-electron chi connectivity index (χ4n) is 1.95. The fourth-order valence-corrected chi connectivity index (χ4v) is 2.33. The van der Waals surface area contributed by atoms with Crippen molar-refractivity contribution < 1.29 is 8.78 Å². The van der Waals surface area contributed by atoms with E-state index in [1.54, 1.807) is 31.2 Å². The van der Waals surface area contributed by atoms with Crippen molar-refractivity contribution in [2.45, 2.75) is 13.0 Å². The molecule has 1 unspecified atom stereocenters. The summed E-state index contributed by atoms with van der Waals surface area (Å²) in [6.07, 6.45) is 0. The fraction of sp³-hybridized carbons (Fsp3) is 0.143. The van der Waals surface area contributed by atoms with E-state index in [0.29, 0.717) is 15.6 Å². The van der Waals surface area contributed by atoms with Gasteiger partial charge in [0.05, 0.1) is 6.04 Å². The average Bonchev–Trinajstić information content (AvgIpc) is 2.36. The molecule has 2 nitrogen and oxygen atoms in total. The van der Waals surface area contributed by atoms with Crippen LogP contribution < -0.4 is 11.3 Å². The monoisotopic (exact) mass is 326 g/mol. The summed E-state index contributed by atoms with van der Waals surface area (Å²) in [5.41, 5.74) is 3.86. The van der Waals surface area contributed by atoms with Crippen LogP contribution in [0.3, 0.4) is 0 Å². The molecular weight excluding hydrogens is 314 g/mol. The van der Waals surface area contributed by atoms with Gasteiger partial charge in [0.15, 0.2) is 0 Å². The van der Waals surface area contributed by atoms with Crippen LogP contribution in [-0.4, -0.2) is 0 Å². The molecule has 0 aliphatic rings. The third kappa shape index (κ3) is 3.00. The molecule has 0 aliphatic heterocycles. The SMILES string of the molecule is Cc1ccc(C(NN)c2cc(Br)ccc2F)c(F)c1. The Morgan fingerprint density at radius 3 is 2.42 bits per heavy atom. The summed E-state index contributed by atoms with van der Waals surface area (Å²) < 4.78 is 28.5. The lowest BCUT2D eigenvalue weighted by Crippen LogP contribution is -2.30. The molecule has 0 saturated heterocycles. The Morgan fingerprint density at radius 1 is 1.05 bits per heavy atom. The van der Waals surface area contributed by atoms with Crippen LogP contribution in [0.15, 0.2) is 40.9 Å². The first kappa shape index (κ1) is 14.1. The first-order valence-electron chi connectivity index (χ1n) is 5.70. The molecule has 100 valence electrons. The third-order valence-electron chi connectivity index (χ3n) is 2.90. The average molecular weight is 327 g/mol. The summed E-state index contributed by atoms with van der Waals surface area (Å²) in [5.74, 6) is 4.61. The van der Waals surface area contributed by atoms with Gasteiger partial charge < -0.3 is 0 Å². The quantitative estimate of drug-likeness (QED) is 0.668. The molecule has 3 N–H and O–H groups in total. The minimum Gasteiger partial charge on any atom is -0.271 e. The van der Waals surface area contributed by atoms with Gasteiger partial charge in [0, 0.05) is 15.6 Å². The van der Waals surface area contributed by atoms with Crippen LogP contribution >= 0.6 is 15.9 Å². The van der Waals surface area contributed by atoms with Crippen molar-refractivity contribution in [3.63, 3.8) is 0 Å². The number of halogens is 3. The second-order valence-electron chi connectivity index (χ2n) is 4.29. The predicted octanol–water partition coefficient (Wildman–Crippen LogP) is 3.59. The van der Waals surface area contributed by atoms with Crippen molar-refractivity contribution in [2.24, 2.45) is 5.84 Å². The molecule has 2 aromatic rings. The Morgan fingerprint density at radius 2 is 1.79 bits per heavy atom. The number of hydrogen-bond donors (Lipinski definition) is 2. The molecule has 0 spiro atoms. The topological polar surface area (TPSA) is 38.0 Å². The van der Waals surface area contributed by atoms with E-state index >= 15 is 0 Å². The molecule has 0 aromatic heterocycles. The molecule has 2 rings (SSSR count). The van der Waals surface area contributed by atoms with Crippen LogP contribution in [0.5, 0.6) is 0 Å². The standard InChI is InChI=1S/C14H13BrF2N2/c1-8-2-4-10(13(17)6-8)14(19-18)11-7-9(15)3-5-12(11)16/h2-7,14,19H,18H2,1H3. The Balaban J connectivity index is 2.52. The number of rotatable bonds is 3. The van der Waals surface area contributed by atoms with Crippen molar-refractivity contribution in [3.05, 3.63) is 69.2 Å². The van der Waals surface area contributed by atoms with Gasteiger partial charge in [0.25, 0.3) is 0 Å². The maximum atomic E-state index is 14.0. The zero-order valence-electron chi connectivity index (χ0n) is 10.3. The predicted molar refractivity (Wildman–Crippen MR) is 74.4 cm³/mol. The molecule has 0 amide bonds. The van der Waals surface area contributed by atoms with E-state index in [1.165, 1.54) is 12.1 Å². The summed E-state index contributed by atoms with van der Waals surface area (Å²) >= 11 is 3.27. The van der Waals surface area contributed by atoms with E-state index in [1.807, 2.05) is 0 Å². The van der Waals surface area contributed by atoms with Crippen LogP contribution in [0.25, 0.3) is 0 Å². The van der Waals surface area contributed by atoms with E-state index in [0.717, 1.165) is 5.56 Å². The second-order valence-corrected chi connectivity index (χ2v) is 5.21. The van der Waals surface area contributed by atoms with Crippen molar-refractivity contribution in [2.75, 3.05) is 0 Å². The molecule has 19 heavy (non-hydrogen) atoms. The van der Waals surface area contributed by atoms with Gasteiger partial charge in [0.2, 0.25) is 0 Å². The van der Waals surface area contributed by atoms with Gasteiger partial charge in [-0.3, -0.25) is 5.84 Å². The Hall–Kier alpha value is -1.30. The number of benzene rings is 2. The van der Waals surface area contributed by atoms with Gasteiger partial charge in [-0.25, -0.2) is 14.2 Å². The van der Waals surface area contributed by atoms with E-state index in [-0.39, 0.29) is 0 Å². The second kappa shape index (κ2) is 5.77. The summed E-state index contributed by atoms with van der Waals surface area (Å²) in [4.78, 5) is 0. The van der Waals surface area contributed by atoms with Crippen molar-refractivity contribution in [3.8, 4) is 0 Å². The van der Waals surface area contributed by atoms with Gasteiger partial charge in [0.1, 0.15) is 11.6 Å². The first-order chi connectivity index (χ1) is 9.02. The molecule has 0 saturated carbocycles. The molecule has 0 radical (unpaired) electrons. The number of hydrazine groups is 1. The molecule has 0 bridgehead atoms. The Labute approximate surface area is 118 Å². The highest BCUT2D eigenvalue weighted by molar-refractivity contribution is 9.10. The highest BCUT2D eigenvalue weighted by atomic mass is 79.9. The minimum absolute atomic E-state index is 0.291. The maximum absolute atomic E-state index is 14.0. The van der Waals surface area contributed by atoms with E-state index in [2.05, 4.69) is 21.4 Å². The molecular formula is C14H13BrF2N2. The zero-order valence-corrected chi connectivity index (χ0v) is 11.8. The van der Waals surface area contributed by atoms with Crippen LogP contribution in [-0.2, 0) is 0 Å². The van der Waals surface area contributed by atoms with Crippen LogP contribution in [0, 0.1) is 18.6 Å². The van der Waals surface area contributed by atoms with Gasteiger partial charge in [-0.05, 0) is 36.8 Å². The summed E-state index contributed by atoms with van der Waals surface area (Å²) in [6, 6.07) is 8.51. The summed E-state index contributed by atoms with van der Waals surface area (Å²) in [5, 5.41) is 0. The largest absolute Gasteiger partial charge is 0.271 e. The molecule has 0 heterocycles. The zero-order chi connectivity index (χ0) is 14.0. The van der Waals surface area contributed by atoms with Crippen LogP contribution in [0.2, 0.25) is 0 Å². The first-order valence-corrected chi connectivity index (χ1v) is 6.49. The molecule has 1 atom stereocenters. The highest BCUT2D eigenvalue weighted by Crippen LogP contribution is 2.28. The number of nitrogens with one attached hydrogen (secondary N) is 1. The lowest BCUT2D eigenvalue weighted by molar-refractivity contribution is 0.530.